The van der Waals surface area contributed by atoms with Crippen molar-refractivity contribution in [3.05, 3.63) is 54.4 Å². The van der Waals surface area contributed by atoms with Crippen molar-refractivity contribution in [1.82, 2.24) is 30.4 Å². The quantitative estimate of drug-likeness (QED) is 0.0710. The molecule has 2 atom stereocenters. The second-order valence-corrected chi connectivity index (χ2v) is 12.2. The highest BCUT2D eigenvalue weighted by atomic mass is 32.2. The first-order chi connectivity index (χ1) is 20.1. The predicted molar refractivity (Wildman–Crippen MR) is 158 cm³/mol. The number of carbonyl (C=O) groups is 2. The van der Waals surface area contributed by atoms with E-state index in [1.807, 2.05) is 37.4 Å². The lowest BCUT2D eigenvalue weighted by Crippen LogP contribution is -2.56. The van der Waals surface area contributed by atoms with Crippen molar-refractivity contribution in [2.24, 2.45) is 16.6 Å². The van der Waals surface area contributed by atoms with Crippen LogP contribution >= 0.6 is 0 Å². The summed E-state index contributed by atoms with van der Waals surface area (Å²) in [6.45, 7) is 2.70. The average Bonchev–Trinajstić information content (AvgIpc) is 2.98. The second-order valence-electron chi connectivity index (χ2n) is 10.2. The summed E-state index contributed by atoms with van der Waals surface area (Å²) in [5.74, 6) is -0.878. The molecule has 1 aliphatic rings. The molecule has 0 saturated carbocycles. The zero-order chi connectivity index (χ0) is 30.4. The molecule has 0 spiro atoms. The Morgan fingerprint density at radius 3 is 2.36 bits per heavy atom. The molecule has 0 unspecified atom stereocenters. The number of carbonyl (C=O) groups excluding carboxylic acids is 2. The SMILES string of the molecule is CN1CCN(C(=O)N[C@@H](CCCON=C(N)N)C(=O)N[C@@H](CCc2ccccc2)CCS(=O)(=O)c2ncccn2)CC1. The molecule has 1 aliphatic heterocycles. The number of guanidine groups is 1. The normalized spacial score (nSPS) is 15.3. The van der Waals surface area contributed by atoms with Crippen LogP contribution in [0, 0.1) is 0 Å². The van der Waals surface area contributed by atoms with Crippen molar-refractivity contribution in [3.63, 3.8) is 0 Å². The van der Waals surface area contributed by atoms with Gasteiger partial charge in [-0.3, -0.25) is 4.79 Å². The maximum absolute atomic E-state index is 13.6. The van der Waals surface area contributed by atoms with Crippen LogP contribution in [0.4, 0.5) is 4.79 Å². The maximum Gasteiger partial charge on any atom is 0.318 e. The first-order valence-corrected chi connectivity index (χ1v) is 15.6. The van der Waals surface area contributed by atoms with E-state index in [1.54, 1.807) is 11.0 Å². The van der Waals surface area contributed by atoms with Crippen LogP contribution in [0.25, 0.3) is 0 Å². The molecule has 230 valence electrons. The van der Waals surface area contributed by atoms with Crippen LogP contribution in [-0.4, -0.2) is 104 Å². The number of aryl methyl sites for hydroxylation is 1. The third-order valence-corrected chi connectivity index (χ3v) is 8.37. The smallest absolute Gasteiger partial charge is 0.318 e. The third-order valence-electron chi connectivity index (χ3n) is 6.83. The van der Waals surface area contributed by atoms with Gasteiger partial charge in [-0.15, -0.1) is 0 Å². The lowest BCUT2D eigenvalue weighted by molar-refractivity contribution is -0.124. The van der Waals surface area contributed by atoms with E-state index >= 15 is 0 Å². The van der Waals surface area contributed by atoms with Crippen molar-refractivity contribution in [2.75, 3.05) is 45.6 Å². The summed E-state index contributed by atoms with van der Waals surface area (Å²) in [6.07, 6.45) is 4.65. The molecule has 1 aromatic carbocycles. The van der Waals surface area contributed by atoms with Crippen LogP contribution in [0.2, 0.25) is 0 Å². The number of urea groups is 1. The number of sulfone groups is 1. The van der Waals surface area contributed by atoms with Gasteiger partial charge in [0, 0.05) is 44.6 Å². The van der Waals surface area contributed by atoms with Crippen molar-refractivity contribution < 1.29 is 22.8 Å². The van der Waals surface area contributed by atoms with E-state index < -0.39 is 27.8 Å². The van der Waals surface area contributed by atoms with E-state index in [4.69, 9.17) is 16.3 Å². The van der Waals surface area contributed by atoms with Crippen LogP contribution in [0.3, 0.4) is 0 Å². The molecule has 3 rings (SSSR count). The third kappa shape index (κ3) is 11.1. The number of nitrogens with zero attached hydrogens (tertiary/aromatic N) is 5. The topological polar surface area (TPSA) is 198 Å². The lowest BCUT2D eigenvalue weighted by atomic mass is 10.0. The monoisotopic (exact) mass is 603 g/mol. The number of hydrogen-bond donors (Lipinski definition) is 4. The molecular weight excluding hydrogens is 562 g/mol. The van der Waals surface area contributed by atoms with Gasteiger partial charge in [0.05, 0.1) is 5.75 Å². The number of benzene rings is 1. The molecule has 15 heteroatoms. The van der Waals surface area contributed by atoms with Crippen LogP contribution < -0.4 is 22.1 Å². The zero-order valence-corrected chi connectivity index (χ0v) is 24.7. The van der Waals surface area contributed by atoms with E-state index in [0.29, 0.717) is 32.4 Å². The number of nitrogens with two attached hydrogens (primary N) is 2. The summed E-state index contributed by atoms with van der Waals surface area (Å²) in [6, 6.07) is 9.55. The molecule has 2 heterocycles. The molecule has 6 N–H and O–H groups in total. The Bertz CT molecular complexity index is 1250. The fourth-order valence-corrected chi connectivity index (χ4v) is 5.62. The molecule has 42 heavy (non-hydrogen) atoms. The van der Waals surface area contributed by atoms with Crippen molar-refractivity contribution in [2.45, 2.75) is 49.3 Å². The highest BCUT2D eigenvalue weighted by molar-refractivity contribution is 7.91. The molecule has 0 aliphatic carbocycles. The van der Waals surface area contributed by atoms with Gasteiger partial charge in [-0.2, -0.15) is 0 Å². The summed E-state index contributed by atoms with van der Waals surface area (Å²) < 4.78 is 25.8. The predicted octanol–water partition coefficient (Wildman–Crippen LogP) is 0.0688. The van der Waals surface area contributed by atoms with Gasteiger partial charge in [-0.05, 0) is 55.9 Å². The number of nitrogens with one attached hydrogen (secondary N) is 2. The molecule has 2 aromatic rings. The molecule has 1 saturated heterocycles. The van der Waals surface area contributed by atoms with Crippen LogP contribution in [-0.2, 0) is 25.9 Å². The molecule has 1 fully saturated rings. The summed E-state index contributed by atoms with van der Waals surface area (Å²) >= 11 is 0. The van der Waals surface area contributed by atoms with Gasteiger partial charge in [0.1, 0.15) is 12.6 Å². The van der Waals surface area contributed by atoms with Crippen LogP contribution in [0.1, 0.15) is 31.2 Å². The average molecular weight is 604 g/mol. The van der Waals surface area contributed by atoms with Crippen LogP contribution in [0.5, 0.6) is 0 Å². The first kappa shape index (κ1) is 32.5. The van der Waals surface area contributed by atoms with Gasteiger partial charge in [-0.1, -0.05) is 30.3 Å². The minimum absolute atomic E-state index is 0.138. The zero-order valence-electron chi connectivity index (χ0n) is 23.9. The lowest BCUT2D eigenvalue weighted by Gasteiger charge is -2.33. The second kappa shape index (κ2) is 16.5. The minimum atomic E-state index is -3.76. The van der Waals surface area contributed by atoms with E-state index in [-0.39, 0.29) is 42.3 Å². The number of hydrogen-bond acceptors (Lipinski definition) is 9. The number of aromatic nitrogens is 2. The molecule has 3 amide bonds. The van der Waals surface area contributed by atoms with Crippen LogP contribution in [0.15, 0.2) is 59.1 Å². The van der Waals surface area contributed by atoms with E-state index in [9.17, 15) is 18.0 Å². The fourth-order valence-electron chi connectivity index (χ4n) is 4.40. The summed E-state index contributed by atoms with van der Waals surface area (Å²) in [5.41, 5.74) is 11.6. The first-order valence-electron chi connectivity index (χ1n) is 13.9. The Hall–Kier alpha value is -3.98. The van der Waals surface area contributed by atoms with E-state index in [0.717, 1.165) is 18.7 Å². The van der Waals surface area contributed by atoms with Gasteiger partial charge >= 0.3 is 6.03 Å². The molecule has 0 bridgehead atoms. The Morgan fingerprint density at radius 2 is 1.69 bits per heavy atom. The number of likely N-dealkylation sites (N-methyl/N-ethyl adjacent to an activating group) is 1. The molecule has 1 aromatic heterocycles. The Labute approximate surface area is 246 Å². The van der Waals surface area contributed by atoms with Crippen molar-refractivity contribution in [1.29, 1.82) is 0 Å². The van der Waals surface area contributed by atoms with Crippen molar-refractivity contribution in [3.8, 4) is 0 Å². The van der Waals surface area contributed by atoms with Crippen molar-refractivity contribution >= 4 is 27.7 Å². The standard InChI is InChI=1S/C27H41N9O5S/c1-35-15-17-36(18-16-35)27(38)33-23(9-5-19-41-34-25(28)29)24(37)32-22(11-10-21-7-3-2-4-8-21)12-20-42(39,40)26-30-13-6-14-31-26/h2-4,6-8,13-14,22-23H,5,9-12,15-20H2,1H3,(H,32,37)(H,33,38)(H4,28,29,34)/t22-,23-/m0/s1. The molecule has 0 radical (unpaired) electrons. The minimum Gasteiger partial charge on any atom is -0.393 e. The molecular formula is C27H41N9O5S. The Kier molecular flexibility index (Phi) is 12.7. The van der Waals surface area contributed by atoms with Gasteiger partial charge in [-0.25, -0.2) is 23.2 Å². The van der Waals surface area contributed by atoms with Gasteiger partial charge in [0.25, 0.3) is 0 Å². The Balaban J connectivity index is 1.70. The van der Waals surface area contributed by atoms with E-state index in [2.05, 4.69) is 30.7 Å². The fraction of sp³-hybridized carbons (Fsp3) is 0.519. The van der Waals surface area contributed by atoms with E-state index in [1.165, 1.54) is 12.4 Å². The molecule has 14 nitrogen and oxygen atoms in total. The highest BCUT2D eigenvalue weighted by Crippen LogP contribution is 2.13. The van der Waals surface area contributed by atoms with Gasteiger partial charge in [0.15, 0.2) is 0 Å². The summed E-state index contributed by atoms with van der Waals surface area (Å²) in [4.78, 5) is 43.2. The van der Waals surface area contributed by atoms with Gasteiger partial charge < -0.3 is 36.7 Å². The number of piperazine rings is 1. The Morgan fingerprint density at radius 1 is 1.00 bits per heavy atom. The number of rotatable bonds is 15. The maximum atomic E-state index is 13.6. The largest absolute Gasteiger partial charge is 0.393 e. The summed E-state index contributed by atoms with van der Waals surface area (Å²) in [7, 11) is -1.78. The summed E-state index contributed by atoms with van der Waals surface area (Å²) in [5, 5.41) is 9.08. The number of oxime groups is 1. The highest BCUT2D eigenvalue weighted by Gasteiger charge is 2.28. The van der Waals surface area contributed by atoms with Gasteiger partial charge in [0.2, 0.25) is 26.9 Å². The number of amides is 3.